The van der Waals surface area contributed by atoms with Gasteiger partial charge in [0.25, 0.3) is 15.9 Å². The predicted octanol–water partition coefficient (Wildman–Crippen LogP) is 0.263. The summed E-state index contributed by atoms with van der Waals surface area (Å²) in [5, 5.41) is 7.49. The van der Waals surface area contributed by atoms with E-state index in [1.165, 1.54) is 20.0 Å². The molecule has 0 aliphatic carbocycles. The molecule has 0 saturated carbocycles. The van der Waals surface area contributed by atoms with Gasteiger partial charge in [0.05, 0.1) is 24.1 Å². The third-order valence-corrected chi connectivity index (χ3v) is 6.41. The van der Waals surface area contributed by atoms with E-state index in [1.54, 1.807) is 10.9 Å². The van der Waals surface area contributed by atoms with Crippen molar-refractivity contribution >= 4 is 21.6 Å². The summed E-state index contributed by atoms with van der Waals surface area (Å²) in [5.74, 6) is -0.401. The van der Waals surface area contributed by atoms with Crippen molar-refractivity contribution in [2.24, 2.45) is 0 Å². The van der Waals surface area contributed by atoms with Gasteiger partial charge in [-0.05, 0) is 39.8 Å². The van der Waals surface area contributed by atoms with Gasteiger partial charge in [0.1, 0.15) is 0 Å². The van der Waals surface area contributed by atoms with Gasteiger partial charge in [0.15, 0.2) is 4.75 Å². The lowest BCUT2D eigenvalue weighted by molar-refractivity contribution is -0.120. The van der Waals surface area contributed by atoms with Crippen LogP contribution in [0.3, 0.4) is 0 Å². The molecule has 1 aromatic rings. The van der Waals surface area contributed by atoms with E-state index in [0.717, 1.165) is 30.2 Å². The molecule has 2 aliphatic heterocycles. The van der Waals surface area contributed by atoms with Crippen LogP contribution in [-0.4, -0.2) is 41.9 Å². The Bertz CT molecular complexity index is 643. The molecule has 1 aromatic heterocycles. The van der Waals surface area contributed by atoms with Crippen LogP contribution in [0.15, 0.2) is 12.4 Å². The third-order valence-electron chi connectivity index (χ3n) is 4.09. The molecular weight excluding hydrogens is 280 g/mol. The van der Waals surface area contributed by atoms with Crippen LogP contribution in [0.25, 0.3) is 0 Å². The van der Waals surface area contributed by atoms with E-state index in [2.05, 4.69) is 10.4 Å². The van der Waals surface area contributed by atoms with E-state index in [4.69, 9.17) is 0 Å². The van der Waals surface area contributed by atoms with E-state index in [0.29, 0.717) is 5.69 Å². The maximum atomic E-state index is 12.1. The number of rotatable bonds is 2. The highest BCUT2D eigenvalue weighted by atomic mass is 32.2. The molecule has 0 bridgehead atoms. The molecule has 2 fully saturated rings. The highest BCUT2D eigenvalue weighted by molar-refractivity contribution is 7.98. The van der Waals surface area contributed by atoms with Gasteiger partial charge in [-0.15, -0.1) is 0 Å². The normalized spacial score (nSPS) is 25.5. The number of nitrogens with zero attached hydrogens (tertiary/aromatic N) is 3. The monoisotopic (exact) mass is 298 g/mol. The van der Waals surface area contributed by atoms with E-state index in [1.807, 2.05) is 0 Å². The van der Waals surface area contributed by atoms with Crippen molar-refractivity contribution in [2.75, 3.05) is 17.4 Å². The molecule has 7 nitrogen and oxygen atoms in total. The fourth-order valence-electron chi connectivity index (χ4n) is 2.61. The van der Waals surface area contributed by atoms with Crippen molar-refractivity contribution in [1.29, 1.82) is 0 Å². The van der Waals surface area contributed by atoms with E-state index in [9.17, 15) is 13.2 Å². The summed E-state index contributed by atoms with van der Waals surface area (Å²) in [5.41, 5.74) is 0.341. The molecule has 0 aromatic carbocycles. The van der Waals surface area contributed by atoms with Crippen LogP contribution >= 0.6 is 0 Å². The SMILES string of the molecule is CC1(C)C(=O)N(c2cnn(C3CCNCC3)c2)S1(=O)=O. The molecule has 8 heteroatoms. The molecule has 0 unspecified atom stereocenters. The lowest BCUT2D eigenvalue weighted by Gasteiger charge is -2.42. The summed E-state index contributed by atoms with van der Waals surface area (Å²) in [6.07, 6.45) is 5.01. The fraction of sp³-hybridized carbons (Fsp3) is 0.667. The van der Waals surface area contributed by atoms with Crippen molar-refractivity contribution in [2.45, 2.75) is 37.5 Å². The lowest BCUT2D eigenvalue weighted by atomic mass is 10.1. The standard InChI is InChI=1S/C12H18N4O3S/c1-12(2)11(17)16(20(12,18)19)10-7-14-15(8-10)9-3-5-13-6-4-9/h7-9,13H,3-6H2,1-2H3. The van der Waals surface area contributed by atoms with Crippen molar-refractivity contribution < 1.29 is 13.2 Å². The Balaban J connectivity index is 1.86. The van der Waals surface area contributed by atoms with Gasteiger partial charge >= 0.3 is 0 Å². The Morgan fingerprint density at radius 2 is 2.00 bits per heavy atom. The predicted molar refractivity (Wildman–Crippen MR) is 73.9 cm³/mol. The minimum absolute atomic E-state index is 0.261. The smallest absolute Gasteiger partial charge is 0.263 e. The number of carbonyl (C=O) groups is 1. The first-order valence-corrected chi connectivity index (χ1v) is 8.14. The number of piperidine rings is 1. The maximum absolute atomic E-state index is 12.1. The summed E-state index contributed by atoms with van der Waals surface area (Å²) in [4.78, 5) is 12.0. The largest absolute Gasteiger partial charge is 0.317 e. The molecular formula is C12H18N4O3S. The minimum Gasteiger partial charge on any atom is -0.317 e. The Kier molecular flexibility index (Phi) is 2.91. The van der Waals surface area contributed by atoms with Crippen molar-refractivity contribution in [3.8, 4) is 0 Å². The van der Waals surface area contributed by atoms with Gasteiger partial charge in [-0.25, -0.2) is 12.7 Å². The number of hydrogen-bond donors (Lipinski definition) is 1. The molecule has 3 rings (SSSR count). The average molecular weight is 298 g/mol. The maximum Gasteiger partial charge on any atom is 0.263 e. The number of nitrogens with one attached hydrogen (secondary N) is 1. The minimum atomic E-state index is -3.60. The first kappa shape index (κ1) is 13.6. The van der Waals surface area contributed by atoms with Crippen LogP contribution in [0.4, 0.5) is 5.69 Å². The first-order chi connectivity index (χ1) is 9.35. The van der Waals surface area contributed by atoms with Gasteiger partial charge < -0.3 is 5.32 Å². The van der Waals surface area contributed by atoms with Gasteiger partial charge in [-0.1, -0.05) is 0 Å². The molecule has 2 saturated heterocycles. The van der Waals surface area contributed by atoms with Gasteiger partial charge in [-0.3, -0.25) is 9.48 Å². The second kappa shape index (κ2) is 4.29. The zero-order valence-electron chi connectivity index (χ0n) is 11.5. The van der Waals surface area contributed by atoms with Gasteiger partial charge in [0, 0.05) is 0 Å². The summed E-state index contributed by atoms with van der Waals surface area (Å²) in [6.45, 7) is 4.71. The topological polar surface area (TPSA) is 84.3 Å². The number of carbonyl (C=O) groups excluding carboxylic acids is 1. The lowest BCUT2D eigenvalue weighted by Crippen LogP contribution is -2.67. The number of hydrogen-bond acceptors (Lipinski definition) is 5. The summed E-state index contributed by atoms with van der Waals surface area (Å²) < 4.78 is 25.5. The van der Waals surface area contributed by atoms with Crippen molar-refractivity contribution in [3.05, 3.63) is 12.4 Å². The van der Waals surface area contributed by atoms with Crippen molar-refractivity contribution in [1.82, 2.24) is 15.1 Å². The number of amides is 1. The highest BCUT2D eigenvalue weighted by Gasteiger charge is 2.61. The Hall–Kier alpha value is -1.41. The zero-order chi connectivity index (χ0) is 14.5. The Morgan fingerprint density at radius 3 is 2.60 bits per heavy atom. The van der Waals surface area contributed by atoms with Crippen molar-refractivity contribution in [3.63, 3.8) is 0 Å². The molecule has 0 atom stereocenters. The molecule has 1 amide bonds. The van der Waals surface area contributed by atoms with E-state index >= 15 is 0 Å². The summed E-state index contributed by atoms with van der Waals surface area (Å²) in [6, 6.07) is 0.261. The van der Waals surface area contributed by atoms with Gasteiger partial charge in [-0.2, -0.15) is 5.10 Å². The Morgan fingerprint density at radius 1 is 1.35 bits per heavy atom. The van der Waals surface area contributed by atoms with Crippen LogP contribution in [0.2, 0.25) is 0 Å². The molecule has 3 heterocycles. The van der Waals surface area contributed by atoms with Crippen LogP contribution in [0.5, 0.6) is 0 Å². The first-order valence-electron chi connectivity index (χ1n) is 6.70. The molecule has 0 radical (unpaired) electrons. The molecule has 2 aliphatic rings. The molecule has 110 valence electrons. The van der Waals surface area contributed by atoms with Gasteiger partial charge in [0.2, 0.25) is 0 Å². The van der Waals surface area contributed by atoms with E-state index < -0.39 is 20.7 Å². The summed E-state index contributed by atoms with van der Waals surface area (Å²) in [7, 11) is -3.60. The van der Waals surface area contributed by atoms with Crippen LogP contribution < -0.4 is 9.62 Å². The fourth-order valence-corrected chi connectivity index (χ4v) is 4.07. The Labute approximate surface area is 118 Å². The molecule has 1 N–H and O–H groups in total. The average Bonchev–Trinajstić information content (AvgIpc) is 2.88. The third kappa shape index (κ3) is 1.71. The molecule has 0 spiro atoms. The molecule has 20 heavy (non-hydrogen) atoms. The second-order valence-corrected chi connectivity index (χ2v) is 8.08. The van der Waals surface area contributed by atoms with Crippen LogP contribution in [-0.2, 0) is 14.8 Å². The second-order valence-electron chi connectivity index (χ2n) is 5.74. The zero-order valence-corrected chi connectivity index (χ0v) is 12.4. The summed E-state index contributed by atoms with van der Waals surface area (Å²) >= 11 is 0. The van der Waals surface area contributed by atoms with E-state index in [-0.39, 0.29) is 6.04 Å². The number of sulfonamides is 1. The van der Waals surface area contributed by atoms with Crippen LogP contribution in [0, 0.1) is 0 Å². The quantitative estimate of drug-likeness (QED) is 0.847. The number of aromatic nitrogens is 2. The van der Waals surface area contributed by atoms with Crippen LogP contribution in [0.1, 0.15) is 32.7 Å². The number of anilines is 1. The highest BCUT2D eigenvalue weighted by Crippen LogP contribution is 2.39.